The molecule has 1 unspecified atom stereocenters. The first kappa shape index (κ1) is 21.6. The summed E-state index contributed by atoms with van der Waals surface area (Å²) in [4.78, 5) is 32.3. The second-order valence-electron chi connectivity index (χ2n) is 7.23. The molecule has 2 aromatic carbocycles. The first-order valence-electron chi connectivity index (χ1n) is 10.0. The molecular formula is C23H21ClN4O4. The number of para-hydroxylation sites is 1. The van der Waals surface area contributed by atoms with Gasteiger partial charge in [0.25, 0.3) is 0 Å². The summed E-state index contributed by atoms with van der Waals surface area (Å²) in [6.07, 6.45) is 2.48. The van der Waals surface area contributed by atoms with Gasteiger partial charge in [-0.25, -0.2) is 4.79 Å². The van der Waals surface area contributed by atoms with E-state index in [0.29, 0.717) is 23.2 Å². The zero-order valence-corrected chi connectivity index (χ0v) is 18.1. The number of carbonyl (C=O) groups is 2. The Balaban J connectivity index is 1.37. The molecule has 9 heteroatoms. The Hall–Kier alpha value is -3.65. The van der Waals surface area contributed by atoms with Gasteiger partial charge in [-0.2, -0.15) is 4.98 Å². The van der Waals surface area contributed by atoms with E-state index in [-0.39, 0.29) is 18.7 Å². The second-order valence-corrected chi connectivity index (χ2v) is 7.66. The smallest absolute Gasteiger partial charge is 0.328 e. The number of aromatic nitrogens is 3. The quantitative estimate of drug-likeness (QED) is 0.394. The van der Waals surface area contributed by atoms with E-state index in [1.54, 1.807) is 24.3 Å². The Bertz CT molecular complexity index is 1230. The molecule has 0 aliphatic heterocycles. The third kappa shape index (κ3) is 4.97. The molecule has 0 aliphatic rings. The third-order valence-corrected chi connectivity index (χ3v) is 5.31. The van der Waals surface area contributed by atoms with Gasteiger partial charge in [0.15, 0.2) is 0 Å². The molecule has 0 spiro atoms. The monoisotopic (exact) mass is 452 g/mol. The van der Waals surface area contributed by atoms with E-state index in [9.17, 15) is 9.59 Å². The van der Waals surface area contributed by atoms with Gasteiger partial charge in [0.05, 0.1) is 7.11 Å². The van der Waals surface area contributed by atoms with E-state index in [0.717, 1.165) is 22.0 Å². The summed E-state index contributed by atoms with van der Waals surface area (Å²) in [7, 11) is 1.30. The number of hydrogen-bond acceptors (Lipinski definition) is 6. The van der Waals surface area contributed by atoms with Crippen molar-refractivity contribution in [3.63, 3.8) is 0 Å². The van der Waals surface area contributed by atoms with Crippen molar-refractivity contribution in [2.75, 3.05) is 7.11 Å². The number of amides is 1. The van der Waals surface area contributed by atoms with Crippen LogP contribution < -0.4 is 5.32 Å². The van der Waals surface area contributed by atoms with E-state index in [1.807, 2.05) is 30.5 Å². The summed E-state index contributed by atoms with van der Waals surface area (Å²) >= 11 is 5.89. The van der Waals surface area contributed by atoms with E-state index >= 15 is 0 Å². The summed E-state index contributed by atoms with van der Waals surface area (Å²) < 4.78 is 10.1. The molecule has 0 bridgehead atoms. The highest BCUT2D eigenvalue weighted by Gasteiger charge is 2.23. The molecule has 1 atom stereocenters. The van der Waals surface area contributed by atoms with Crippen molar-refractivity contribution in [1.82, 2.24) is 20.4 Å². The number of halogens is 1. The lowest BCUT2D eigenvalue weighted by Gasteiger charge is -2.16. The molecule has 4 aromatic rings. The van der Waals surface area contributed by atoms with Gasteiger partial charge >= 0.3 is 5.97 Å². The number of esters is 1. The molecule has 0 radical (unpaired) electrons. The minimum atomic E-state index is -0.806. The molecule has 2 aromatic heterocycles. The standard InChI is InChI=1S/C23H21ClN4O4/c1-31-23(30)19(12-15-13-25-18-5-3-2-4-17(15)18)26-20(29)10-11-21-27-22(28-32-21)14-6-8-16(24)9-7-14/h2-9,13,19,25H,10-12H2,1H3,(H,26,29). The predicted octanol–water partition coefficient (Wildman–Crippen LogP) is 3.70. The lowest BCUT2D eigenvalue weighted by molar-refractivity contribution is -0.145. The van der Waals surface area contributed by atoms with E-state index in [4.69, 9.17) is 20.9 Å². The maximum absolute atomic E-state index is 12.5. The van der Waals surface area contributed by atoms with Gasteiger partial charge < -0.3 is 19.6 Å². The fourth-order valence-corrected chi connectivity index (χ4v) is 3.54. The highest BCUT2D eigenvalue weighted by Crippen LogP contribution is 2.20. The molecule has 8 nitrogen and oxygen atoms in total. The van der Waals surface area contributed by atoms with Gasteiger partial charge in [0, 0.05) is 46.9 Å². The Kier molecular flexibility index (Phi) is 6.51. The number of aromatic amines is 1. The molecular weight excluding hydrogens is 432 g/mol. The van der Waals surface area contributed by atoms with Crippen molar-refractivity contribution in [1.29, 1.82) is 0 Å². The summed E-state index contributed by atoms with van der Waals surface area (Å²) in [6, 6.07) is 14.0. The Morgan fingerprint density at radius 2 is 1.97 bits per heavy atom. The fourth-order valence-electron chi connectivity index (χ4n) is 3.42. The number of carbonyl (C=O) groups excluding carboxylic acids is 2. The van der Waals surface area contributed by atoms with Gasteiger partial charge in [0.1, 0.15) is 6.04 Å². The SMILES string of the molecule is COC(=O)C(Cc1c[nH]c2ccccc12)NC(=O)CCc1nc(-c2ccc(Cl)cc2)no1. The molecule has 0 aliphatic carbocycles. The van der Waals surface area contributed by atoms with Crippen LogP contribution in [0.25, 0.3) is 22.3 Å². The van der Waals surface area contributed by atoms with Crippen LogP contribution in [0.4, 0.5) is 0 Å². The molecule has 2 heterocycles. The minimum Gasteiger partial charge on any atom is -0.467 e. The minimum absolute atomic E-state index is 0.0869. The first-order valence-corrected chi connectivity index (χ1v) is 10.4. The fraction of sp³-hybridized carbons (Fsp3) is 0.217. The summed E-state index contributed by atoms with van der Waals surface area (Å²) in [5.74, 6) is -0.0712. The molecule has 164 valence electrons. The zero-order valence-electron chi connectivity index (χ0n) is 17.3. The number of fused-ring (bicyclic) bond motifs is 1. The zero-order chi connectivity index (χ0) is 22.5. The summed E-state index contributed by atoms with van der Waals surface area (Å²) in [6.45, 7) is 0. The molecule has 1 amide bonds. The van der Waals surface area contributed by atoms with E-state index in [1.165, 1.54) is 7.11 Å². The summed E-state index contributed by atoms with van der Waals surface area (Å²) in [5, 5.41) is 8.30. The Morgan fingerprint density at radius 3 is 2.75 bits per heavy atom. The van der Waals surface area contributed by atoms with Crippen molar-refractivity contribution >= 4 is 34.4 Å². The third-order valence-electron chi connectivity index (χ3n) is 5.06. The number of aryl methyl sites for hydroxylation is 1. The van der Waals surface area contributed by atoms with Crippen LogP contribution in [-0.2, 0) is 27.2 Å². The lowest BCUT2D eigenvalue weighted by Crippen LogP contribution is -2.43. The number of methoxy groups -OCH3 is 1. The van der Waals surface area contributed by atoms with Crippen LogP contribution in [0.2, 0.25) is 5.02 Å². The predicted molar refractivity (Wildman–Crippen MR) is 119 cm³/mol. The Labute approximate surface area is 188 Å². The van der Waals surface area contributed by atoms with E-state index < -0.39 is 12.0 Å². The average Bonchev–Trinajstić information content (AvgIpc) is 3.45. The van der Waals surface area contributed by atoms with Gasteiger partial charge in [-0.1, -0.05) is 35.0 Å². The molecule has 32 heavy (non-hydrogen) atoms. The van der Waals surface area contributed by atoms with Crippen LogP contribution in [0.15, 0.2) is 59.3 Å². The highest BCUT2D eigenvalue weighted by molar-refractivity contribution is 6.30. The largest absolute Gasteiger partial charge is 0.467 e. The van der Waals surface area contributed by atoms with Gasteiger partial charge in [-0.3, -0.25) is 4.79 Å². The highest BCUT2D eigenvalue weighted by atomic mass is 35.5. The Morgan fingerprint density at radius 1 is 1.19 bits per heavy atom. The van der Waals surface area contributed by atoms with Crippen molar-refractivity contribution in [3.05, 3.63) is 71.2 Å². The average molecular weight is 453 g/mol. The normalized spacial score (nSPS) is 11.9. The molecule has 0 saturated carbocycles. The first-order chi connectivity index (χ1) is 15.5. The molecule has 4 rings (SSSR count). The maximum Gasteiger partial charge on any atom is 0.328 e. The number of benzene rings is 2. The van der Waals surface area contributed by atoms with Crippen LogP contribution in [0.5, 0.6) is 0 Å². The number of H-pyrrole nitrogens is 1. The number of hydrogen-bond donors (Lipinski definition) is 2. The molecule has 0 fully saturated rings. The molecule has 2 N–H and O–H groups in total. The van der Waals surface area contributed by atoms with Crippen molar-refractivity contribution in [2.24, 2.45) is 0 Å². The number of nitrogens with zero attached hydrogens (tertiary/aromatic N) is 2. The maximum atomic E-state index is 12.5. The van der Waals surface area contributed by atoms with Crippen molar-refractivity contribution in [3.8, 4) is 11.4 Å². The molecule has 0 saturated heterocycles. The second kappa shape index (κ2) is 9.65. The summed E-state index contributed by atoms with van der Waals surface area (Å²) in [5.41, 5.74) is 2.64. The van der Waals surface area contributed by atoms with Crippen LogP contribution in [0, 0.1) is 0 Å². The number of ether oxygens (including phenoxy) is 1. The number of nitrogens with one attached hydrogen (secondary N) is 2. The van der Waals surface area contributed by atoms with Gasteiger partial charge in [-0.05, 0) is 35.9 Å². The van der Waals surface area contributed by atoms with Crippen molar-refractivity contribution in [2.45, 2.75) is 25.3 Å². The van der Waals surface area contributed by atoms with E-state index in [2.05, 4.69) is 20.4 Å². The topological polar surface area (TPSA) is 110 Å². The van der Waals surface area contributed by atoms with Gasteiger partial charge in [-0.15, -0.1) is 0 Å². The van der Waals surface area contributed by atoms with Gasteiger partial charge in [0.2, 0.25) is 17.6 Å². The van der Waals surface area contributed by atoms with Crippen molar-refractivity contribution < 1.29 is 18.8 Å². The lowest BCUT2D eigenvalue weighted by atomic mass is 10.0. The van der Waals surface area contributed by atoms with Crippen LogP contribution in [-0.4, -0.2) is 40.2 Å². The number of rotatable bonds is 8. The van der Waals surface area contributed by atoms with Crippen LogP contribution in [0.3, 0.4) is 0 Å². The van der Waals surface area contributed by atoms with Crippen LogP contribution in [0.1, 0.15) is 17.9 Å². The van der Waals surface area contributed by atoms with Crippen LogP contribution >= 0.6 is 11.6 Å².